The van der Waals surface area contributed by atoms with E-state index >= 15 is 0 Å². The lowest BCUT2D eigenvalue weighted by Gasteiger charge is -2.12. The molecule has 0 bridgehead atoms. The number of aliphatic imine (C=N–C) groups is 1. The maximum atomic E-state index is 13.8. The number of hydrogen-bond acceptors (Lipinski definition) is 2. The fourth-order valence-corrected chi connectivity index (χ4v) is 2.64. The summed E-state index contributed by atoms with van der Waals surface area (Å²) in [5.41, 5.74) is 2.69. The van der Waals surface area contributed by atoms with Gasteiger partial charge in [0.05, 0.1) is 12.2 Å². The van der Waals surface area contributed by atoms with E-state index in [1.165, 1.54) is 6.07 Å². The molecule has 1 aromatic carbocycles. The molecule has 2 rings (SSSR count). The van der Waals surface area contributed by atoms with E-state index in [1.54, 1.807) is 7.05 Å². The molecule has 0 saturated carbocycles. The molecule has 4 nitrogen and oxygen atoms in total. The zero-order chi connectivity index (χ0) is 17.4. The van der Waals surface area contributed by atoms with Crippen molar-refractivity contribution in [3.63, 3.8) is 0 Å². The molecule has 1 heterocycles. The van der Waals surface area contributed by atoms with Crippen LogP contribution in [-0.4, -0.2) is 24.5 Å². The number of nitrogens with zero attached hydrogens (tertiary/aromatic N) is 2. The van der Waals surface area contributed by atoms with Gasteiger partial charge in [-0.1, -0.05) is 28.1 Å². The third kappa shape index (κ3) is 5.92. The maximum absolute atomic E-state index is 13.8. The number of hydrogen-bond donors (Lipinski definition) is 2. The van der Waals surface area contributed by atoms with Crippen molar-refractivity contribution in [2.75, 3.05) is 13.6 Å². The van der Waals surface area contributed by atoms with Crippen LogP contribution in [0.2, 0.25) is 0 Å². The molecule has 0 atom stereocenters. The zero-order valence-corrected chi connectivity index (χ0v) is 15.5. The fraction of sp³-hybridized carbons (Fsp3) is 0.333. The Bertz CT molecular complexity index is 703. The number of aromatic nitrogens is 1. The van der Waals surface area contributed by atoms with Gasteiger partial charge in [0.25, 0.3) is 0 Å². The molecule has 0 fully saturated rings. The first kappa shape index (κ1) is 18.4. The number of halogens is 2. The molecule has 6 heteroatoms. The lowest BCUT2D eigenvalue weighted by molar-refractivity contribution is 0.601. The van der Waals surface area contributed by atoms with Gasteiger partial charge < -0.3 is 10.6 Å². The molecule has 2 aromatic rings. The first-order valence-electron chi connectivity index (χ1n) is 7.89. The summed E-state index contributed by atoms with van der Waals surface area (Å²) in [6.07, 6.45) is 1.50. The standard InChI is InChI=1S/C18H22BrFN4/c1-13-5-3-7-16(24-13)12-23-18(21-2)22-10-4-6-14-8-9-15(19)11-17(14)20/h3,5,7-9,11H,4,6,10,12H2,1-2H3,(H2,21,22,23). The van der Waals surface area contributed by atoms with E-state index in [9.17, 15) is 4.39 Å². The lowest BCUT2D eigenvalue weighted by atomic mass is 10.1. The number of benzene rings is 1. The molecule has 2 N–H and O–H groups in total. The van der Waals surface area contributed by atoms with Crippen LogP contribution < -0.4 is 10.6 Å². The van der Waals surface area contributed by atoms with Gasteiger partial charge in [-0.25, -0.2) is 4.39 Å². The maximum Gasteiger partial charge on any atom is 0.191 e. The zero-order valence-electron chi connectivity index (χ0n) is 13.9. The highest BCUT2D eigenvalue weighted by atomic mass is 79.9. The molecule has 0 amide bonds. The van der Waals surface area contributed by atoms with E-state index in [-0.39, 0.29) is 5.82 Å². The molecule has 0 radical (unpaired) electrons. The van der Waals surface area contributed by atoms with Crippen LogP contribution in [0.3, 0.4) is 0 Å². The van der Waals surface area contributed by atoms with Gasteiger partial charge in [0.2, 0.25) is 0 Å². The van der Waals surface area contributed by atoms with Gasteiger partial charge in [-0.05, 0) is 49.6 Å². The van der Waals surface area contributed by atoms with Crippen LogP contribution in [0.25, 0.3) is 0 Å². The third-order valence-corrected chi connectivity index (χ3v) is 4.03. The highest BCUT2D eigenvalue weighted by Gasteiger charge is 2.03. The van der Waals surface area contributed by atoms with Crippen molar-refractivity contribution >= 4 is 21.9 Å². The first-order chi connectivity index (χ1) is 11.6. The molecular weight excluding hydrogens is 371 g/mol. The number of nitrogens with one attached hydrogen (secondary N) is 2. The first-order valence-corrected chi connectivity index (χ1v) is 8.69. The minimum absolute atomic E-state index is 0.169. The van der Waals surface area contributed by atoms with Crippen LogP contribution in [0.5, 0.6) is 0 Å². The quantitative estimate of drug-likeness (QED) is 0.448. The average molecular weight is 393 g/mol. The second kappa shape index (κ2) is 9.37. The summed E-state index contributed by atoms with van der Waals surface area (Å²) in [6, 6.07) is 11.1. The Morgan fingerprint density at radius 2 is 2.08 bits per heavy atom. The molecule has 0 aliphatic carbocycles. The van der Waals surface area contributed by atoms with Crippen LogP contribution in [0, 0.1) is 12.7 Å². The SMILES string of the molecule is CN=C(NCCCc1ccc(Br)cc1F)NCc1cccc(C)n1. The van der Waals surface area contributed by atoms with Crippen LogP contribution in [0.1, 0.15) is 23.4 Å². The monoisotopic (exact) mass is 392 g/mol. The molecular formula is C18H22BrFN4. The van der Waals surface area contributed by atoms with Gasteiger partial charge in [0.1, 0.15) is 5.82 Å². The Balaban J connectivity index is 1.73. The number of aryl methyl sites for hydroxylation is 2. The van der Waals surface area contributed by atoms with Crippen molar-refractivity contribution in [1.29, 1.82) is 0 Å². The molecule has 0 saturated heterocycles. The van der Waals surface area contributed by atoms with Gasteiger partial charge in [-0.2, -0.15) is 0 Å². The van der Waals surface area contributed by atoms with E-state index in [0.717, 1.165) is 40.3 Å². The number of guanidine groups is 1. The number of rotatable bonds is 6. The second-order valence-electron chi connectivity index (χ2n) is 5.46. The summed E-state index contributed by atoms with van der Waals surface area (Å²) < 4.78 is 14.5. The average Bonchev–Trinajstić information content (AvgIpc) is 2.56. The van der Waals surface area contributed by atoms with Gasteiger partial charge in [-0.15, -0.1) is 0 Å². The molecule has 0 unspecified atom stereocenters. The summed E-state index contributed by atoms with van der Waals surface area (Å²) in [7, 11) is 1.73. The van der Waals surface area contributed by atoms with Crippen LogP contribution in [0.15, 0.2) is 45.9 Å². The third-order valence-electron chi connectivity index (χ3n) is 3.54. The highest BCUT2D eigenvalue weighted by molar-refractivity contribution is 9.10. The summed E-state index contributed by atoms with van der Waals surface area (Å²) in [6.45, 7) is 3.30. The summed E-state index contributed by atoms with van der Waals surface area (Å²) in [4.78, 5) is 8.63. The summed E-state index contributed by atoms with van der Waals surface area (Å²) >= 11 is 3.27. The van der Waals surface area contributed by atoms with Crippen molar-refractivity contribution in [1.82, 2.24) is 15.6 Å². The molecule has 0 spiro atoms. The summed E-state index contributed by atoms with van der Waals surface area (Å²) in [5, 5.41) is 6.46. The van der Waals surface area contributed by atoms with Crippen LogP contribution in [0.4, 0.5) is 4.39 Å². The highest BCUT2D eigenvalue weighted by Crippen LogP contribution is 2.16. The van der Waals surface area contributed by atoms with Crippen LogP contribution >= 0.6 is 15.9 Å². The van der Waals surface area contributed by atoms with Gasteiger partial charge >= 0.3 is 0 Å². The van der Waals surface area contributed by atoms with Crippen molar-refractivity contribution in [2.45, 2.75) is 26.3 Å². The molecule has 0 aliphatic rings. The molecule has 24 heavy (non-hydrogen) atoms. The Morgan fingerprint density at radius 3 is 2.79 bits per heavy atom. The van der Waals surface area contributed by atoms with Gasteiger partial charge in [0.15, 0.2) is 5.96 Å². The summed E-state index contributed by atoms with van der Waals surface area (Å²) in [5.74, 6) is 0.548. The second-order valence-corrected chi connectivity index (χ2v) is 6.38. The van der Waals surface area contributed by atoms with E-state index in [4.69, 9.17) is 0 Å². The Hall–Kier alpha value is -1.95. The normalized spacial score (nSPS) is 11.4. The minimum Gasteiger partial charge on any atom is -0.356 e. The van der Waals surface area contributed by atoms with E-state index < -0.39 is 0 Å². The topological polar surface area (TPSA) is 49.3 Å². The predicted octanol–water partition coefficient (Wildman–Crippen LogP) is 3.59. The van der Waals surface area contributed by atoms with E-state index in [0.29, 0.717) is 13.0 Å². The minimum atomic E-state index is -0.169. The van der Waals surface area contributed by atoms with Crippen molar-refractivity contribution in [3.05, 3.63) is 63.6 Å². The smallest absolute Gasteiger partial charge is 0.191 e. The van der Waals surface area contributed by atoms with Gasteiger partial charge in [0, 0.05) is 23.8 Å². The Labute approximate surface area is 150 Å². The predicted molar refractivity (Wildman–Crippen MR) is 99.6 cm³/mol. The van der Waals surface area contributed by atoms with Gasteiger partial charge in [-0.3, -0.25) is 9.98 Å². The van der Waals surface area contributed by atoms with Crippen molar-refractivity contribution in [2.24, 2.45) is 4.99 Å². The molecule has 0 aliphatic heterocycles. The van der Waals surface area contributed by atoms with Crippen molar-refractivity contribution < 1.29 is 4.39 Å². The van der Waals surface area contributed by atoms with E-state index in [2.05, 4.69) is 36.5 Å². The lowest BCUT2D eigenvalue weighted by Crippen LogP contribution is -2.37. The molecule has 1 aromatic heterocycles. The number of pyridine rings is 1. The Morgan fingerprint density at radius 1 is 1.25 bits per heavy atom. The van der Waals surface area contributed by atoms with Crippen LogP contribution in [-0.2, 0) is 13.0 Å². The fourth-order valence-electron chi connectivity index (χ4n) is 2.30. The Kier molecular flexibility index (Phi) is 7.18. The molecule has 128 valence electrons. The van der Waals surface area contributed by atoms with Crippen molar-refractivity contribution in [3.8, 4) is 0 Å². The van der Waals surface area contributed by atoms with E-state index in [1.807, 2.05) is 37.3 Å². The largest absolute Gasteiger partial charge is 0.356 e.